The van der Waals surface area contributed by atoms with Crippen molar-refractivity contribution in [3.05, 3.63) is 57.8 Å². The third kappa shape index (κ3) is 9.32. The highest BCUT2D eigenvalue weighted by atomic mass is 32.1. The van der Waals surface area contributed by atoms with E-state index in [2.05, 4.69) is 46.8 Å². The molecular formula is C28H42N2O2S. The number of rotatable bonds is 9. The molecule has 1 heterocycles. The summed E-state index contributed by atoms with van der Waals surface area (Å²) >= 11 is 1.71. The summed E-state index contributed by atoms with van der Waals surface area (Å²) in [6.45, 7) is 18.0. The van der Waals surface area contributed by atoms with Crippen molar-refractivity contribution in [1.29, 1.82) is 0 Å². The van der Waals surface area contributed by atoms with E-state index in [1.807, 2.05) is 56.0 Å². The molecule has 182 valence electrons. The Morgan fingerprint density at radius 1 is 0.909 bits per heavy atom. The SMILES string of the molecule is Cc1ccc(CN(Cc2ccccc2)C(=O)CN(C(=O)CC(C)CC(C)(C)C)C(C)(C)C)s1. The topological polar surface area (TPSA) is 40.6 Å². The zero-order chi connectivity index (χ0) is 24.8. The van der Waals surface area contributed by atoms with Gasteiger partial charge in [-0.3, -0.25) is 9.59 Å². The van der Waals surface area contributed by atoms with Gasteiger partial charge in [0, 0.05) is 28.3 Å². The fourth-order valence-electron chi connectivity index (χ4n) is 4.25. The fourth-order valence-corrected chi connectivity index (χ4v) is 5.16. The maximum atomic E-state index is 13.6. The van der Waals surface area contributed by atoms with Gasteiger partial charge in [0.15, 0.2) is 0 Å². The third-order valence-corrected chi connectivity index (χ3v) is 6.59. The lowest BCUT2D eigenvalue weighted by atomic mass is 9.84. The smallest absolute Gasteiger partial charge is 0.242 e. The quantitative estimate of drug-likeness (QED) is 0.410. The predicted octanol–water partition coefficient (Wildman–Crippen LogP) is 6.67. The number of hydrogen-bond acceptors (Lipinski definition) is 3. The molecule has 0 aliphatic heterocycles. The number of carbonyl (C=O) groups excluding carboxylic acids is 2. The molecule has 1 aromatic heterocycles. The Balaban J connectivity index is 2.19. The van der Waals surface area contributed by atoms with Gasteiger partial charge in [-0.05, 0) is 63.1 Å². The maximum absolute atomic E-state index is 13.6. The van der Waals surface area contributed by atoms with Crippen LogP contribution in [-0.4, -0.2) is 33.7 Å². The van der Waals surface area contributed by atoms with Crippen molar-refractivity contribution in [3.63, 3.8) is 0 Å². The summed E-state index contributed by atoms with van der Waals surface area (Å²) in [6.07, 6.45) is 1.44. The summed E-state index contributed by atoms with van der Waals surface area (Å²) in [5.41, 5.74) is 0.839. The van der Waals surface area contributed by atoms with Crippen molar-refractivity contribution in [1.82, 2.24) is 9.80 Å². The van der Waals surface area contributed by atoms with Crippen LogP contribution < -0.4 is 0 Å². The maximum Gasteiger partial charge on any atom is 0.242 e. The van der Waals surface area contributed by atoms with Crippen LogP contribution in [-0.2, 0) is 22.7 Å². The van der Waals surface area contributed by atoms with Gasteiger partial charge in [-0.15, -0.1) is 11.3 Å². The second kappa shape index (κ2) is 11.3. The highest BCUT2D eigenvalue weighted by Crippen LogP contribution is 2.28. The molecule has 5 heteroatoms. The van der Waals surface area contributed by atoms with E-state index in [1.165, 1.54) is 4.88 Å². The van der Waals surface area contributed by atoms with Crippen LogP contribution in [0.5, 0.6) is 0 Å². The highest BCUT2D eigenvalue weighted by Gasteiger charge is 2.31. The van der Waals surface area contributed by atoms with Gasteiger partial charge in [-0.1, -0.05) is 58.0 Å². The number of thiophene rings is 1. The van der Waals surface area contributed by atoms with E-state index in [4.69, 9.17) is 0 Å². The summed E-state index contributed by atoms with van der Waals surface area (Å²) < 4.78 is 0. The average molecular weight is 471 g/mol. The number of benzene rings is 1. The molecule has 0 radical (unpaired) electrons. The Kier molecular flexibility index (Phi) is 9.30. The van der Waals surface area contributed by atoms with Gasteiger partial charge in [0.1, 0.15) is 6.54 Å². The van der Waals surface area contributed by atoms with Crippen LogP contribution in [0.1, 0.15) is 76.6 Å². The molecule has 33 heavy (non-hydrogen) atoms. The Morgan fingerprint density at radius 2 is 1.55 bits per heavy atom. The lowest BCUT2D eigenvalue weighted by Gasteiger charge is -2.37. The molecule has 0 bridgehead atoms. The number of aryl methyl sites for hydroxylation is 1. The first-order valence-electron chi connectivity index (χ1n) is 11.9. The molecule has 1 aromatic carbocycles. The summed E-state index contributed by atoms with van der Waals surface area (Å²) in [7, 11) is 0. The monoisotopic (exact) mass is 470 g/mol. The first-order chi connectivity index (χ1) is 15.2. The molecule has 0 aliphatic carbocycles. The van der Waals surface area contributed by atoms with Gasteiger partial charge < -0.3 is 9.80 Å². The molecule has 1 unspecified atom stereocenters. The Hall–Kier alpha value is -2.14. The van der Waals surface area contributed by atoms with E-state index in [0.29, 0.717) is 19.5 Å². The Morgan fingerprint density at radius 3 is 2.06 bits per heavy atom. The van der Waals surface area contributed by atoms with Crippen LogP contribution >= 0.6 is 11.3 Å². The van der Waals surface area contributed by atoms with Crippen molar-refractivity contribution in [2.75, 3.05) is 6.54 Å². The van der Waals surface area contributed by atoms with Crippen LogP contribution in [0.3, 0.4) is 0 Å². The molecule has 1 atom stereocenters. The minimum Gasteiger partial charge on any atom is -0.332 e. The van der Waals surface area contributed by atoms with Crippen molar-refractivity contribution in [3.8, 4) is 0 Å². The lowest BCUT2D eigenvalue weighted by Crippen LogP contribution is -2.51. The average Bonchev–Trinajstić information content (AvgIpc) is 3.08. The summed E-state index contributed by atoms with van der Waals surface area (Å²) in [4.78, 5) is 32.9. The minimum atomic E-state index is -0.424. The van der Waals surface area contributed by atoms with Crippen molar-refractivity contribution < 1.29 is 9.59 Å². The van der Waals surface area contributed by atoms with Gasteiger partial charge in [0.25, 0.3) is 0 Å². The molecule has 0 N–H and O–H groups in total. The number of nitrogens with zero attached hydrogens (tertiary/aromatic N) is 2. The first-order valence-corrected chi connectivity index (χ1v) is 12.7. The van der Waals surface area contributed by atoms with Crippen molar-refractivity contribution >= 4 is 23.2 Å². The molecular weight excluding hydrogens is 428 g/mol. The van der Waals surface area contributed by atoms with Gasteiger partial charge in [-0.25, -0.2) is 0 Å². The first kappa shape index (κ1) is 27.1. The van der Waals surface area contributed by atoms with E-state index in [9.17, 15) is 9.59 Å². The molecule has 0 saturated heterocycles. The standard InChI is InChI=1S/C28H42N2O2S/c1-21(17-27(3,4)5)16-25(31)30(28(6,7)8)20-26(32)29(18-23-12-10-9-11-13-23)19-24-15-14-22(2)33-24/h9-15,21H,16-20H2,1-8H3. The van der Waals surface area contributed by atoms with Crippen LogP contribution in [0.4, 0.5) is 0 Å². The molecule has 0 spiro atoms. The zero-order valence-corrected chi connectivity index (χ0v) is 22.6. The molecule has 0 aliphatic rings. The second-order valence-electron chi connectivity index (χ2n) is 11.5. The largest absolute Gasteiger partial charge is 0.332 e. The number of hydrogen-bond donors (Lipinski definition) is 0. The Labute approximate surface area is 205 Å². The molecule has 4 nitrogen and oxygen atoms in total. The summed E-state index contributed by atoms with van der Waals surface area (Å²) in [5, 5.41) is 0. The molecule has 2 aromatic rings. The predicted molar refractivity (Wildman–Crippen MR) is 139 cm³/mol. The van der Waals surface area contributed by atoms with Crippen LogP contribution in [0, 0.1) is 18.3 Å². The summed E-state index contributed by atoms with van der Waals surface area (Å²) in [5.74, 6) is 0.308. The number of carbonyl (C=O) groups is 2. The number of amides is 2. The van der Waals surface area contributed by atoms with E-state index in [-0.39, 0.29) is 29.7 Å². The normalized spacial score (nSPS) is 13.0. The third-order valence-electron chi connectivity index (χ3n) is 5.60. The van der Waals surface area contributed by atoms with Crippen molar-refractivity contribution in [2.24, 2.45) is 11.3 Å². The molecule has 0 fully saturated rings. The van der Waals surface area contributed by atoms with E-state index in [0.717, 1.165) is 16.9 Å². The van der Waals surface area contributed by atoms with Gasteiger partial charge >= 0.3 is 0 Å². The van der Waals surface area contributed by atoms with Crippen LogP contribution in [0.2, 0.25) is 0 Å². The zero-order valence-electron chi connectivity index (χ0n) is 21.8. The second-order valence-corrected chi connectivity index (χ2v) is 12.8. The highest BCUT2D eigenvalue weighted by molar-refractivity contribution is 7.11. The summed E-state index contributed by atoms with van der Waals surface area (Å²) in [6, 6.07) is 14.2. The Bertz CT molecular complexity index is 906. The molecule has 2 rings (SSSR count). The van der Waals surface area contributed by atoms with Crippen molar-refractivity contribution in [2.45, 2.75) is 86.9 Å². The van der Waals surface area contributed by atoms with Crippen LogP contribution in [0.15, 0.2) is 42.5 Å². The fraction of sp³-hybridized carbons (Fsp3) is 0.571. The molecule has 2 amide bonds. The van der Waals surface area contributed by atoms with E-state index < -0.39 is 5.54 Å². The lowest BCUT2D eigenvalue weighted by molar-refractivity contribution is -0.146. The van der Waals surface area contributed by atoms with E-state index in [1.54, 1.807) is 16.2 Å². The van der Waals surface area contributed by atoms with E-state index >= 15 is 0 Å². The van der Waals surface area contributed by atoms with Crippen LogP contribution in [0.25, 0.3) is 0 Å². The minimum absolute atomic E-state index is 0.0170. The molecule has 0 saturated carbocycles. The van der Waals surface area contributed by atoms with Gasteiger partial charge in [0.2, 0.25) is 11.8 Å². The van der Waals surface area contributed by atoms with Gasteiger partial charge in [-0.2, -0.15) is 0 Å². The van der Waals surface area contributed by atoms with Gasteiger partial charge in [0.05, 0.1) is 6.54 Å².